The standard InChI is InChI=1S/C15H12N4O3/c1-8-16-6-5-12(17-8)13(20)18-9-3-4-10-11(7-9)15(22)19(2)14(10)21/h3-7H,1-2H3,(H,18,20). The molecule has 1 aliphatic heterocycles. The van der Waals surface area contributed by atoms with E-state index in [0.717, 1.165) is 4.90 Å². The Balaban J connectivity index is 1.88. The van der Waals surface area contributed by atoms with Crippen LogP contribution < -0.4 is 5.32 Å². The van der Waals surface area contributed by atoms with Crippen molar-refractivity contribution in [2.75, 3.05) is 12.4 Å². The minimum Gasteiger partial charge on any atom is -0.321 e. The fourth-order valence-electron chi connectivity index (χ4n) is 2.22. The molecule has 1 N–H and O–H groups in total. The average Bonchev–Trinajstić information content (AvgIpc) is 2.72. The van der Waals surface area contributed by atoms with E-state index >= 15 is 0 Å². The summed E-state index contributed by atoms with van der Waals surface area (Å²) in [7, 11) is 1.42. The number of aryl methyl sites for hydroxylation is 1. The third-order valence-electron chi connectivity index (χ3n) is 3.36. The van der Waals surface area contributed by atoms with Crippen molar-refractivity contribution in [2.24, 2.45) is 0 Å². The van der Waals surface area contributed by atoms with E-state index in [-0.39, 0.29) is 23.1 Å². The summed E-state index contributed by atoms with van der Waals surface area (Å²) < 4.78 is 0. The molecule has 0 bridgehead atoms. The van der Waals surface area contributed by atoms with Crippen molar-refractivity contribution in [3.05, 3.63) is 53.1 Å². The SMILES string of the molecule is Cc1nccc(C(=O)Nc2ccc3c(c2)C(=O)N(C)C3=O)n1. The van der Waals surface area contributed by atoms with Gasteiger partial charge in [0, 0.05) is 18.9 Å². The summed E-state index contributed by atoms with van der Waals surface area (Å²) >= 11 is 0. The first-order valence-corrected chi connectivity index (χ1v) is 6.55. The molecule has 1 aliphatic rings. The molecule has 2 aromatic rings. The first kappa shape index (κ1) is 13.9. The number of amides is 3. The molecule has 0 spiro atoms. The number of hydrogen-bond acceptors (Lipinski definition) is 5. The maximum absolute atomic E-state index is 12.1. The molecule has 7 heteroatoms. The van der Waals surface area contributed by atoms with Crippen molar-refractivity contribution in [3.8, 4) is 0 Å². The lowest BCUT2D eigenvalue weighted by Gasteiger charge is -2.06. The number of imide groups is 1. The highest BCUT2D eigenvalue weighted by atomic mass is 16.2. The second-order valence-electron chi connectivity index (χ2n) is 4.87. The quantitative estimate of drug-likeness (QED) is 0.842. The summed E-state index contributed by atoms with van der Waals surface area (Å²) in [5.41, 5.74) is 1.27. The maximum Gasteiger partial charge on any atom is 0.274 e. The molecule has 110 valence electrons. The third-order valence-corrected chi connectivity index (χ3v) is 3.36. The Morgan fingerprint density at radius 3 is 2.59 bits per heavy atom. The monoisotopic (exact) mass is 296 g/mol. The molecule has 0 unspecified atom stereocenters. The molecule has 0 saturated heterocycles. The van der Waals surface area contributed by atoms with Crippen molar-refractivity contribution in [3.63, 3.8) is 0 Å². The molecule has 0 fully saturated rings. The number of rotatable bonds is 2. The summed E-state index contributed by atoms with van der Waals surface area (Å²) in [5.74, 6) is -0.641. The molecule has 1 aromatic carbocycles. The van der Waals surface area contributed by atoms with E-state index < -0.39 is 5.91 Å². The smallest absolute Gasteiger partial charge is 0.274 e. The molecule has 3 rings (SSSR count). The summed E-state index contributed by atoms with van der Waals surface area (Å²) in [5, 5.41) is 2.65. The van der Waals surface area contributed by atoms with Crippen LogP contribution in [0.5, 0.6) is 0 Å². The molecule has 0 aliphatic carbocycles. The Bertz CT molecular complexity index is 816. The summed E-state index contributed by atoms with van der Waals surface area (Å²) in [6, 6.07) is 6.10. The zero-order chi connectivity index (χ0) is 15.9. The van der Waals surface area contributed by atoms with E-state index in [1.54, 1.807) is 13.0 Å². The lowest BCUT2D eigenvalue weighted by molar-refractivity contribution is 0.0692. The van der Waals surface area contributed by atoms with E-state index in [1.165, 1.54) is 31.4 Å². The largest absolute Gasteiger partial charge is 0.321 e. The van der Waals surface area contributed by atoms with Crippen LogP contribution in [0.15, 0.2) is 30.5 Å². The molecule has 0 saturated carbocycles. The van der Waals surface area contributed by atoms with E-state index in [0.29, 0.717) is 17.1 Å². The van der Waals surface area contributed by atoms with Gasteiger partial charge in [0.25, 0.3) is 17.7 Å². The first-order chi connectivity index (χ1) is 10.5. The Kier molecular flexibility index (Phi) is 3.17. The Morgan fingerprint density at radius 2 is 1.86 bits per heavy atom. The fourth-order valence-corrected chi connectivity index (χ4v) is 2.22. The predicted molar refractivity (Wildman–Crippen MR) is 77.6 cm³/mol. The van der Waals surface area contributed by atoms with Gasteiger partial charge in [-0.25, -0.2) is 9.97 Å². The minimum atomic E-state index is -0.407. The maximum atomic E-state index is 12.1. The van der Waals surface area contributed by atoms with Gasteiger partial charge in [0.1, 0.15) is 11.5 Å². The number of aromatic nitrogens is 2. The highest BCUT2D eigenvalue weighted by molar-refractivity contribution is 6.21. The van der Waals surface area contributed by atoms with Crippen LogP contribution in [-0.4, -0.2) is 39.6 Å². The normalized spacial score (nSPS) is 13.3. The summed E-state index contributed by atoms with van der Waals surface area (Å²) in [6.45, 7) is 1.69. The zero-order valence-corrected chi connectivity index (χ0v) is 12.0. The first-order valence-electron chi connectivity index (χ1n) is 6.55. The Labute approximate surface area is 126 Å². The number of carbonyl (C=O) groups excluding carboxylic acids is 3. The number of benzene rings is 1. The second kappa shape index (κ2) is 5.03. The van der Waals surface area contributed by atoms with Crippen molar-refractivity contribution < 1.29 is 14.4 Å². The molecule has 2 heterocycles. The topological polar surface area (TPSA) is 92.3 Å². The number of nitrogens with one attached hydrogen (secondary N) is 1. The molecule has 22 heavy (non-hydrogen) atoms. The van der Waals surface area contributed by atoms with E-state index in [4.69, 9.17) is 0 Å². The van der Waals surface area contributed by atoms with E-state index in [9.17, 15) is 14.4 Å². The highest BCUT2D eigenvalue weighted by Crippen LogP contribution is 2.24. The predicted octanol–water partition coefficient (Wildman–Crippen LogP) is 1.26. The van der Waals surface area contributed by atoms with Gasteiger partial charge in [0.2, 0.25) is 0 Å². The van der Waals surface area contributed by atoms with Crippen LogP contribution >= 0.6 is 0 Å². The molecular weight excluding hydrogens is 284 g/mol. The van der Waals surface area contributed by atoms with Gasteiger partial charge < -0.3 is 5.32 Å². The van der Waals surface area contributed by atoms with Crippen LogP contribution in [0.2, 0.25) is 0 Å². The van der Waals surface area contributed by atoms with Crippen LogP contribution in [0.1, 0.15) is 37.0 Å². The van der Waals surface area contributed by atoms with Crippen molar-refractivity contribution in [1.82, 2.24) is 14.9 Å². The number of hydrogen-bond donors (Lipinski definition) is 1. The number of carbonyl (C=O) groups is 3. The van der Waals surface area contributed by atoms with Crippen LogP contribution in [0.4, 0.5) is 5.69 Å². The molecular formula is C15H12N4O3. The lowest BCUT2D eigenvalue weighted by Crippen LogP contribution is -2.24. The number of fused-ring (bicyclic) bond motifs is 1. The van der Waals surface area contributed by atoms with Crippen LogP contribution in [0.3, 0.4) is 0 Å². The van der Waals surface area contributed by atoms with Gasteiger partial charge in [-0.15, -0.1) is 0 Å². The number of nitrogens with zero attached hydrogens (tertiary/aromatic N) is 3. The Morgan fingerprint density at radius 1 is 1.14 bits per heavy atom. The molecule has 0 radical (unpaired) electrons. The van der Waals surface area contributed by atoms with Gasteiger partial charge in [-0.05, 0) is 31.2 Å². The van der Waals surface area contributed by atoms with Crippen molar-refractivity contribution >= 4 is 23.4 Å². The van der Waals surface area contributed by atoms with Crippen molar-refractivity contribution in [1.29, 1.82) is 0 Å². The van der Waals surface area contributed by atoms with Crippen LogP contribution in [-0.2, 0) is 0 Å². The van der Waals surface area contributed by atoms with Crippen LogP contribution in [0, 0.1) is 6.92 Å². The van der Waals surface area contributed by atoms with Crippen LogP contribution in [0.25, 0.3) is 0 Å². The Hall–Kier alpha value is -3.09. The average molecular weight is 296 g/mol. The fraction of sp³-hybridized carbons (Fsp3) is 0.133. The van der Waals surface area contributed by atoms with Gasteiger partial charge >= 0.3 is 0 Å². The molecule has 1 aromatic heterocycles. The third kappa shape index (κ3) is 2.22. The molecule has 0 atom stereocenters. The van der Waals surface area contributed by atoms with Gasteiger partial charge in [-0.3, -0.25) is 19.3 Å². The van der Waals surface area contributed by atoms with E-state index in [2.05, 4.69) is 15.3 Å². The van der Waals surface area contributed by atoms with E-state index in [1.807, 2.05) is 0 Å². The lowest BCUT2D eigenvalue weighted by atomic mass is 10.1. The summed E-state index contributed by atoms with van der Waals surface area (Å²) in [6.07, 6.45) is 1.50. The summed E-state index contributed by atoms with van der Waals surface area (Å²) in [4.78, 5) is 44.8. The molecule has 3 amide bonds. The van der Waals surface area contributed by atoms with Crippen molar-refractivity contribution in [2.45, 2.75) is 6.92 Å². The number of anilines is 1. The van der Waals surface area contributed by atoms with Gasteiger partial charge in [0.05, 0.1) is 11.1 Å². The second-order valence-corrected chi connectivity index (χ2v) is 4.87. The van der Waals surface area contributed by atoms with Gasteiger partial charge in [-0.2, -0.15) is 0 Å². The zero-order valence-electron chi connectivity index (χ0n) is 12.0. The van der Waals surface area contributed by atoms with Gasteiger partial charge in [0.15, 0.2) is 0 Å². The minimum absolute atomic E-state index is 0.229. The van der Waals surface area contributed by atoms with Gasteiger partial charge in [-0.1, -0.05) is 0 Å². The molecule has 7 nitrogen and oxygen atoms in total. The highest BCUT2D eigenvalue weighted by Gasteiger charge is 2.32.